The molecule has 170 valence electrons. The van der Waals surface area contributed by atoms with Gasteiger partial charge in [0.1, 0.15) is 0 Å². The Morgan fingerprint density at radius 3 is 0.793 bits per heavy atom. The first-order valence-corrected chi connectivity index (χ1v) is 9.72. The van der Waals surface area contributed by atoms with Gasteiger partial charge in [-0.25, -0.2) is 0 Å². The van der Waals surface area contributed by atoms with Gasteiger partial charge in [-0.2, -0.15) is 0 Å². The minimum Gasteiger partial charge on any atom is -0.853 e. The molecule has 0 aliphatic carbocycles. The third-order valence-corrected chi connectivity index (χ3v) is 3.07. The van der Waals surface area contributed by atoms with E-state index < -0.39 is 0 Å². The van der Waals surface area contributed by atoms with Crippen LogP contribution in [0.2, 0.25) is 0 Å². The molecule has 0 aliphatic heterocycles. The van der Waals surface area contributed by atoms with Crippen molar-refractivity contribution in [2.24, 2.45) is 0 Å². The van der Waals surface area contributed by atoms with Gasteiger partial charge in [-0.05, 0) is 0 Å². The summed E-state index contributed by atoms with van der Waals surface area (Å²) < 4.78 is 42.1. The summed E-state index contributed by atoms with van der Waals surface area (Å²) in [5.41, 5.74) is 0. The van der Waals surface area contributed by atoms with E-state index in [0.29, 0.717) is 99.1 Å². The van der Waals surface area contributed by atoms with E-state index >= 15 is 0 Å². The fourth-order valence-corrected chi connectivity index (χ4v) is 1.76. The molecule has 0 saturated carbocycles. The fraction of sp³-hybridized carbons (Fsp3) is 1.00. The van der Waals surface area contributed by atoms with Gasteiger partial charge in [0.05, 0.1) is 106 Å². The van der Waals surface area contributed by atoms with Gasteiger partial charge in [0, 0.05) is 6.61 Å². The van der Waals surface area contributed by atoms with Crippen LogP contribution in [0.4, 0.5) is 0 Å². The zero-order valence-corrected chi connectivity index (χ0v) is 19.8. The molecule has 0 aliphatic rings. The van der Waals surface area contributed by atoms with E-state index in [1.165, 1.54) is 0 Å². The molecular weight excluding hydrogens is 399 g/mol. The van der Waals surface area contributed by atoms with Crippen LogP contribution >= 0.6 is 0 Å². The summed E-state index contributed by atoms with van der Waals surface area (Å²) in [4.78, 5) is 0. The predicted molar refractivity (Wildman–Crippen MR) is 98.5 cm³/mol. The maximum Gasteiger partial charge on any atom is 1.00 e. The topological polar surface area (TPSA) is 117 Å². The fourth-order valence-electron chi connectivity index (χ4n) is 1.76. The number of ether oxygens (including phenoxy) is 8. The molecule has 10 nitrogen and oxygen atoms in total. The quantitative estimate of drug-likeness (QED) is 0.111. The Balaban J connectivity index is 0. The van der Waals surface area contributed by atoms with E-state index in [-0.39, 0.29) is 49.4 Å². The molecule has 0 radical (unpaired) electrons. The van der Waals surface area contributed by atoms with E-state index in [4.69, 9.17) is 43.0 Å². The molecular formula is C18H37NaO10. The summed E-state index contributed by atoms with van der Waals surface area (Å²) in [5.74, 6) is 0. The molecule has 0 unspecified atom stereocenters. The van der Waals surface area contributed by atoms with Gasteiger partial charge in [0.25, 0.3) is 0 Å². The molecule has 11 heteroatoms. The van der Waals surface area contributed by atoms with Gasteiger partial charge in [0.2, 0.25) is 0 Å². The van der Waals surface area contributed by atoms with Crippen LogP contribution in [0, 0.1) is 0 Å². The second kappa shape index (κ2) is 30.8. The SMILES string of the molecule is [Na+].[O-]CCOCCOCCOCCOCCOCCOCCOCCOCCO. The summed E-state index contributed by atoms with van der Waals surface area (Å²) in [7, 11) is 0. The maximum atomic E-state index is 10.1. The molecule has 0 amide bonds. The van der Waals surface area contributed by atoms with E-state index in [2.05, 4.69) is 0 Å². The van der Waals surface area contributed by atoms with Crippen molar-refractivity contribution in [3.63, 3.8) is 0 Å². The van der Waals surface area contributed by atoms with Crippen LogP contribution in [0.5, 0.6) is 0 Å². The van der Waals surface area contributed by atoms with Crippen molar-refractivity contribution in [3.8, 4) is 0 Å². The second-order valence-electron chi connectivity index (χ2n) is 5.33. The summed E-state index contributed by atoms with van der Waals surface area (Å²) in [6.07, 6.45) is 0. The zero-order chi connectivity index (χ0) is 20.4. The number of aliphatic hydroxyl groups is 1. The van der Waals surface area contributed by atoms with Gasteiger partial charge < -0.3 is 48.1 Å². The number of hydrogen-bond acceptors (Lipinski definition) is 10. The van der Waals surface area contributed by atoms with Crippen LogP contribution in [0.25, 0.3) is 0 Å². The Morgan fingerprint density at radius 2 is 0.586 bits per heavy atom. The van der Waals surface area contributed by atoms with Crippen LogP contribution in [0.15, 0.2) is 0 Å². The Hall–Kier alpha value is 0.600. The smallest absolute Gasteiger partial charge is 0.853 e. The Bertz CT molecular complexity index is 251. The number of rotatable bonds is 25. The molecule has 1 N–H and O–H groups in total. The van der Waals surface area contributed by atoms with Crippen molar-refractivity contribution in [2.45, 2.75) is 0 Å². The summed E-state index contributed by atoms with van der Waals surface area (Å²) in [6.45, 7) is 7.29. The van der Waals surface area contributed by atoms with Crippen LogP contribution in [-0.2, 0) is 37.9 Å². The van der Waals surface area contributed by atoms with Crippen molar-refractivity contribution in [1.29, 1.82) is 0 Å². The first-order valence-electron chi connectivity index (χ1n) is 9.72. The molecule has 0 aromatic carbocycles. The van der Waals surface area contributed by atoms with Crippen molar-refractivity contribution >= 4 is 0 Å². The van der Waals surface area contributed by atoms with E-state index in [1.54, 1.807) is 0 Å². The largest absolute Gasteiger partial charge is 1.00 e. The van der Waals surface area contributed by atoms with Crippen LogP contribution in [0.1, 0.15) is 0 Å². The molecule has 0 saturated heterocycles. The third-order valence-electron chi connectivity index (χ3n) is 3.07. The Kier molecular flexibility index (Phi) is 33.7. The Morgan fingerprint density at radius 1 is 0.379 bits per heavy atom. The summed E-state index contributed by atoms with van der Waals surface area (Å²) >= 11 is 0. The van der Waals surface area contributed by atoms with Gasteiger partial charge in [-0.3, -0.25) is 0 Å². The van der Waals surface area contributed by atoms with Crippen molar-refractivity contribution in [3.05, 3.63) is 0 Å². The minimum absolute atomic E-state index is 0. The third kappa shape index (κ3) is 30.9. The molecule has 0 bridgehead atoms. The first-order chi connectivity index (χ1) is 13.9. The minimum atomic E-state index is -0.221. The summed E-state index contributed by atoms with van der Waals surface area (Å²) in [6, 6.07) is 0. The van der Waals surface area contributed by atoms with Crippen LogP contribution in [-0.4, -0.2) is 124 Å². The monoisotopic (exact) mass is 436 g/mol. The standard InChI is InChI=1S/C18H37O10.Na/c19-1-3-21-5-7-23-9-11-25-13-15-27-17-18-28-16-14-26-12-10-24-8-6-22-4-2-20;/h19H,1-18H2;/q-1;+1. The van der Waals surface area contributed by atoms with Crippen LogP contribution in [0.3, 0.4) is 0 Å². The molecule has 0 fully saturated rings. The molecule has 0 aromatic heterocycles. The van der Waals surface area contributed by atoms with Crippen molar-refractivity contribution in [1.82, 2.24) is 0 Å². The molecule has 0 spiro atoms. The Labute approximate surface area is 196 Å². The van der Waals surface area contributed by atoms with Gasteiger partial charge in [0.15, 0.2) is 0 Å². The molecule has 0 rings (SSSR count). The maximum absolute atomic E-state index is 10.1. The van der Waals surface area contributed by atoms with E-state index in [1.807, 2.05) is 0 Å². The normalized spacial score (nSPS) is 11.0. The average Bonchev–Trinajstić information content (AvgIpc) is 2.71. The molecule has 0 heterocycles. The van der Waals surface area contributed by atoms with Crippen LogP contribution < -0.4 is 34.7 Å². The predicted octanol–water partition coefficient (Wildman–Crippen LogP) is -4.52. The number of hydrogen-bond donors (Lipinski definition) is 1. The van der Waals surface area contributed by atoms with Gasteiger partial charge >= 0.3 is 29.6 Å². The number of aliphatic hydroxyl groups excluding tert-OH is 1. The van der Waals surface area contributed by atoms with Gasteiger partial charge in [-0.1, -0.05) is 0 Å². The molecule has 29 heavy (non-hydrogen) atoms. The van der Waals surface area contributed by atoms with Gasteiger partial charge in [-0.15, -0.1) is 6.61 Å². The second-order valence-corrected chi connectivity index (χ2v) is 5.33. The van der Waals surface area contributed by atoms with Crippen molar-refractivity contribution in [2.75, 3.05) is 119 Å². The first kappa shape index (κ1) is 31.8. The zero-order valence-electron chi connectivity index (χ0n) is 17.8. The van der Waals surface area contributed by atoms with E-state index in [9.17, 15) is 5.11 Å². The van der Waals surface area contributed by atoms with Crippen molar-refractivity contribution < 1.29 is 77.7 Å². The average molecular weight is 436 g/mol. The molecule has 0 atom stereocenters. The summed E-state index contributed by atoms with van der Waals surface area (Å²) in [5, 5.41) is 18.6. The van der Waals surface area contributed by atoms with E-state index in [0.717, 1.165) is 0 Å². The molecule has 0 aromatic rings.